The van der Waals surface area contributed by atoms with E-state index in [9.17, 15) is 20.0 Å². The highest BCUT2D eigenvalue weighted by molar-refractivity contribution is 5.97. The van der Waals surface area contributed by atoms with Gasteiger partial charge in [0.05, 0.1) is 16.1 Å². The summed E-state index contributed by atoms with van der Waals surface area (Å²) < 4.78 is 5.62. The summed E-state index contributed by atoms with van der Waals surface area (Å²) >= 11 is 0. The Balaban J connectivity index is 1.68. The second-order valence-electron chi connectivity index (χ2n) is 5.72. The Labute approximate surface area is 158 Å². The van der Waals surface area contributed by atoms with Gasteiger partial charge in [-0.05, 0) is 23.3 Å². The van der Waals surface area contributed by atoms with E-state index in [1.807, 2.05) is 0 Å². The number of fused-ring (bicyclic) bond motifs is 1. The molecular weight excluding hydrogens is 388 g/mol. The molecule has 0 atom stereocenters. The third kappa shape index (κ3) is 2.91. The number of nitrogen functional groups attached to an aromatic ring is 1. The molecule has 0 aliphatic heterocycles. The van der Waals surface area contributed by atoms with Crippen LogP contribution in [0.25, 0.3) is 16.7 Å². The molecule has 0 unspecified atom stereocenters. The molecule has 0 bridgehead atoms. The largest absolute Gasteiger partial charge is 0.493 e. The Morgan fingerprint density at radius 1 is 1.41 bits per heavy atom. The molecular formula is C14H10N10O5. The number of nitrogens with two attached hydrogens (primary N) is 1. The number of nitro groups is 1. The monoisotopic (exact) mass is 398 g/mol. The molecule has 29 heavy (non-hydrogen) atoms. The molecule has 0 saturated carbocycles. The van der Waals surface area contributed by atoms with Gasteiger partial charge in [0, 0.05) is 17.5 Å². The predicted molar refractivity (Wildman–Crippen MR) is 93.8 cm³/mol. The van der Waals surface area contributed by atoms with Gasteiger partial charge < -0.3 is 15.8 Å². The van der Waals surface area contributed by atoms with Crippen LogP contribution in [0, 0.1) is 17.0 Å². The van der Waals surface area contributed by atoms with E-state index in [0.29, 0.717) is 5.52 Å². The topological polar surface area (TPSA) is 217 Å². The van der Waals surface area contributed by atoms with Crippen LogP contribution in [0.1, 0.15) is 16.2 Å². The quantitative estimate of drug-likeness (QED) is 0.256. The van der Waals surface area contributed by atoms with Gasteiger partial charge in [-0.25, -0.2) is 4.63 Å². The second-order valence-corrected chi connectivity index (χ2v) is 5.72. The zero-order valence-electron chi connectivity index (χ0n) is 14.5. The van der Waals surface area contributed by atoms with Crippen LogP contribution in [0.3, 0.4) is 0 Å². The molecule has 146 valence electrons. The number of rotatable bonds is 4. The number of hydrogen-bond donors (Lipinski definition) is 3. The molecule has 0 radical (unpaired) electrons. The fourth-order valence-electron chi connectivity index (χ4n) is 2.57. The maximum atomic E-state index is 12.4. The van der Waals surface area contributed by atoms with E-state index in [2.05, 4.69) is 40.5 Å². The summed E-state index contributed by atoms with van der Waals surface area (Å²) in [7, 11) is 0. The summed E-state index contributed by atoms with van der Waals surface area (Å²) in [5.74, 6) is -1.28. The van der Waals surface area contributed by atoms with Crippen molar-refractivity contribution in [2.24, 2.45) is 10.2 Å². The fraction of sp³-hybridized carbons (Fsp3) is 0.0714. The van der Waals surface area contributed by atoms with Crippen LogP contribution < -0.4 is 5.73 Å². The molecule has 0 aliphatic rings. The molecule has 4 rings (SSSR count). The van der Waals surface area contributed by atoms with Crippen LogP contribution in [-0.2, 0) is 0 Å². The number of aromatic hydroxyl groups is 1. The van der Waals surface area contributed by atoms with E-state index < -0.39 is 16.7 Å². The van der Waals surface area contributed by atoms with Gasteiger partial charge in [-0.2, -0.15) is 4.68 Å². The molecule has 15 heteroatoms. The molecule has 1 amide bonds. The van der Waals surface area contributed by atoms with Crippen molar-refractivity contribution >= 4 is 34.0 Å². The van der Waals surface area contributed by atoms with Gasteiger partial charge in [0.15, 0.2) is 11.4 Å². The molecule has 0 spiro atoms. The van der Waals surface area contributed by atoms with Crippen molar-refractivity contribution in [3.63, 3.8) is 0 Å². The van der Waals surface area contributed by atoms with Crippen LogP contribution in [-0.4, -0.2) is 46.2 Å². The fourth-order valence-corrected chi connectivity index (χ4v) is 2.57. The summed E-state index contributed by atoms with van der Waals surface area (Å²) in [5.41, 5.74) is 5.72. The summed E-state index contributed by atoms with van der Waals surface area (Å²) in [4.78, 5) is 25.3. The van der Waals surface area contributed by atoms with Crippen LogP contribution in [0.15, 0.2) is 33.1 Å². The van der Waals surface area contributed by atoms with Crippen LogP contribution in [0.5, 0.6) is 5.88 Å². The lowest BCUT2D eigenvalue weighted by molar-refractivity contribution is -0.384. The number of carbonyl (C=O) groups is 1. The van der Waals surface area contributed by atoms with E-state index in [0.717, 1.165) is 4.68 Å². The Bertz CT molecular complexity index is 1300. The van der Waals surface area contributed by atoms with E-state index in [4.69, 9.17) is 5.73 Å². The number of nitro benzene ring substituents is 1. The van der Waals surface area contributed by atoms with Gasteiger partial charge in [0.2, 0.25) is 17.5 Å². The van der Waals surface area contributed by atoms with Crippen molar-refractivity contribution in [3.8, 4) is 11.7 Å². The molecule has 15 nitrogen and oxygen atoms in total. The Kier molecular flexibility index (Phi) is 3.96. The van der Waals surface area contributed by atoms with Crippen LogP contribution in [0.4, 0.5) is 17.2 Å². The summed E-state index contributed by atoms with van der Waals surface area (Å²) in [6, 6.07) is 3.86. The first-order chi connectivity index (χ1) is 13.9. The number of hydrogen-bond acceptors (Lipinski definition) is 11. The van der Waals surface area contributed by atoms with E-state index in [-0.39, 0.29) is 39.8 Å². The van der Waals surface area contributed by atoms with Gasteiger partial charge in [0.1, 0.15) is 0 Å². The number of azo groups is 1. The lowest BCUT2D eigenvalue weighted by Gasteiger charge is -1.97. The number of carbonyl (C=O) groups excluding carboxylic acids is 1. The van der Waals surface area contributed by atoms with Crippen molar-refractivity contribution in [3.05, 3.63) is 39.7 Å². The van der Waals surface area contributed by atoms with Gasteiger partial charge >= 0.3 is 5.91 Å². The van der Waals surface area contributed by atoms with Gasteiger partial charge in [-0.1, -0.05) is 5.21 Å². The van der Waals surface area contributed by atoms with E-state index in [1.165, 1.54) is 25.1 Å². The molecule has 4 N–H and O–H groups in total. The van der Waals surface area contributed by atoms with Crippen molar-refractivity contribution in [2.45, 2.75) is 6.92 Å². The number of nitrogens with zero attached hydrogens (tertiary/aromatic N) is 8. The molecule has 0 aliphatic carbocycles. The molecule has 3 aromatic heterocycles. The van der Waals surface area contributed by atoms with Crippen molar-refractivity contribution in [1.29, 1.82) is 0 Å². The third-order valence-corrected chi connectivity index (χ3v) is 3.98. The molecule has 1 aromatic carbocycles. The highest BCUT2D eigenvalue weighted by Crippen LogP contribution is 2.37. The number of nitrogens with one attached hydrogen (secondary N) is 1. The highest BCUT2D eigenvalue weighted by Gasteiger charge is 2.21. The molecule has 0 saturated heterocycles. The lowest BCUT2D eigenvalue weighted by atomic mass is 10.2. The number of amides is 1. The number of H-pyrrole nitrogens is 1. The first-order valence-corrected chi connectivity index (χ1v) is 7.82. The first kappa shape index (κ1) is 17.7. The number of aromatic nitrogens is 6. The molecule has 0 fully saturated rings. The Hall–Kier alpha value is -4.69. The average Bonchev–Trinajstić information content (AvgIpc) is 3.35. The summed E-state index contributed by atoms with van der Waals surface area (Å²) in [6.07, 6.45) is 0. The second kappa shape index (κ2) is 6.48. The highest BCUT2D eigenvalue weighted by atomic mass is 16.6. The molecule has 3 heterocycles. The SMILES string of the molecule is Cc1c(C(=O)N=Nc2c(O)[nH]c3ccc([N+](=O)[O-])cc23)nnn1-c1nonc1N. The van der Waals surface area contributed by atoms with Crippen molar-refractivity contribution in [1.82, 2.24) is 30.3 Å². The van der Waals surface area contributed by atoms with Gasteiger partial charge in [-0.15, -0.1) is 15.3 Å². The molecule has 4 aromatic rings. The first-order valence-electron chi connectivity index (χ1n) is 7.82. The zero-order valence-corrected chi connectivity index (χ0v) is 14.5. The standard InChI is InChI=1S/C14H10N10O5/c1-5-9(18-22-23(5)12-11(15)20-29-21-12)14(26)19-17-10-7-4-6(24(27)28)2-3-8(7)16-13(10)25/h2-4,16,25H,1H3,(H2,15,20). The average molecular weight is 398 g/mol. The lowest BCUT2D eigenvalue weighted by Crippen LogP contribution is -2.04. The third-order valence-electron chi connectivity index (χ3n) is 3.98. The van der Waals surface area contributed by atoms with Crippen LogP contribution in [0.2, 0.25) is 0 Å². The number of non-ortho nitro benzene ring substituents is 1. The Morgan fingerprint density at radius 3 is 2.90 bits per heavy atom. The number of aromatic amines is 1. The maximum Gasteiger partial charge on any atom is 0.317 e. The van der Waals surface area contributed by atoms with Crippen molar-refractivity contribution in [2.75, 3.05) is 5.73 Å². The number of anilines is 1. The summed E-state index contributed by atoms with van der Waals surface area (Å²) in [5, 5.41) is 42.9. The smallest absolute Gasteiger partial charge is 0.317 e. The van der Waals surface area contributed by atoms with E-state index >= 15 is 0 Å². The minimum absolute atomic E-state index is 0.0487. The zero-order chi connectivity index (χ0) is 20.7. The Morgan fingerprint density at radius 2 is 2.21 bits per heavy atom. The van der Waals surface area contributed by atoms with Crippen molar-refractivity contribution < 1.29 is 19.5 Å². The minimum atomic E-state index is -0.872. The minimum Gasteiger partial charge on any atom is -0.493 e. The van der Waals surface area contributed by atoms with Crippen LogP contribution >= 0.6 is 0 Å². The predicted octanol–water partition coefficient (Wildman–Crippen LogP) is 1.56. The van der Waals surface area contributed by atoms with Gasteiger partial charge in [0.25, 0.3) is 5.69 Å². The normalized spacial score (nSPS) is 11.5. The number of benzene rings is 1. The summed E-state index contributed by atoms with van der Waals surface area (Å²) in [6.45, 7) is 1.52. The van der Waals surface area contributed by atoms with Gasteiger partial charge in [-0.3, -0.25) is 14.9 Å². The van der Waals surface area contributed by atoms with E-state index in [1.54, 1.807) is 0 Å². The maximum absolute atomic E-state index is 12.4.